The van der Waals surface area contributed by atoms with Gasteiger partial charge in [-0.25, -0.2) is 4.21 Å². The van der Waals surface area contributed by atoms with Gasteiger partial charge < -0.3 is 4.55 Å². The second-order valence-corrected chi connectivity index (χ2v) is 4.50. The van der Waals surface area contributed by atoms with Gasteiger partial charge in [-0.05, 0) is 6.42 Å². The third-order valence-electron chi connectivity index (χ3n) is 0.580. The Kier molecular flexibility index (Phi) is 3.19. The van der Waals surface area contributed by atoms with E-state index in [0.29, 0.717) is 6.42 Å². The molecular weight excluding hydrogens is 144 g/mol. The van der Waals surface area contributed by atoms with Crippen LogP contribution in [0.4, 0.5) is 0 Å². The van der Waals surface area contributed by atoms with E-state index in [0.717, 1.165) is 0 Å². The molecule has 1 unspecified atom stereocenters. The van der Waals surface area contributed by atoms with Crippen molar-refractivity contribution in [3.05, 3.63) is 12.7 Å². The van der Waals surface area contributed by atoms with Gasteiger partial charge in [0.15, 0.2) is 0 Å². The molecule has 8 heavy (non-hydrogen) atoms. The Hall–Kier alpha value is 0.0700. The van der Waals surface area contributed by atoms with Crippen LogP contribution in [0.5, 0.6) is 0 Å². The van der Waals surface area contributed by atoms with Crippen LogP contribution in [0.25, 0.3) is 0 Å². The lowest BCUT2D eigenvalue weighted by molar-refractivity contribution is 0.561. The molecule has 0 aromatic rings. The molecule has 0 aliphatic carbocycles. The van der Waals surface area contributed by atoms with Gasteiger partial charge in [0.2, 0.25) is 0 Å². The SMILES string of the molecule is C=CCCS(=O)(O)=S. The van der Waals surface area contributed by atoms with Crippen molar-refractivity contribution < 1.29 is 8.76 Å². The summed E-state index contributed by atoms with van der Waals surface area (Å²) in [4.78, 5) is 0. The van der Waals surface area contributed by atoms with E-state index >= 15 is 0 Å². The number of rotatable bonds is 3. The summed E-state index contributed by atoms with van der Waals surface area (Å²) in [6, 6.07) is 0. The minimum absolute atomic E-state index is 0.145. The fourth-order valence-electron chi connectivity index (χ4n) is 0.232. The average Bonchev–Trinajstić information content (AvgIpc) is 1.59. The molecule has 1 N–H and O–H groups in total. The lowest BCUT2D eigenvalue weighted by Gasteiger charge is -1.91. The van der Waals surface area contributed by atoms with Gasteiger partial charge >= 0.3 is 0 Å². The van der Waals surface area contributed by atoms with Gasteiger partial charge in [0.25, 0.3) is 0 Å². The quantitative estimate of drug-likeness (QED) is 0.607. The Bertz CT molecular complexity index is 157. The van der Waals surface area contributed by atoms with Gasteiger partial charge in [-0.15, -0.1) is 6.58 Å². The highest BCUT2D eigenvalue weighted by Gasteiger charge is 1.94. The molecule has 0 saturated heterocycles. The molecule has 0 bridgehead atoms. The molecule has 0 rings (SSSR count). The molecule has 0 aromatic heterocycles. The summed E-state index contributed by atoms with van der Waals surface area (Å²) in [5.74, 6) is 0.145. The summed E-state index contributed by atoms with van der Waals surface area (Å²) in [5, 5.41) is 0. The molecule has 0 heterocycles. The van der Waals surface area contributed by atoms with E-state index in [2.05, 4.69) is 17.8 Å². The van der Waals surface area contributed by atoms with E-state index in [-0.39, 0.29) is 5.75 Å². The summed E-state index contributed by atoms with van der Waals surface area (Å²) in [7, 11) is -2.92. The molecule has 0 aliphatic heterocycles. The Balaban J connectivity index is 3.57. The first kappa shape index (κ1) is 8.07. The van der Waals surface area contributed by atoms with Gasteiger partial charge in [0.05, 0.1) is 5.75 Å². The highest BCUT2D eigenvalue weighted by molar-refractivity contribution is 8.29. The van der Waals surface area contributed by atoms with Crippen LogP contribution in [0.15, 0.2) is 12.7 Å². The van der Waals surface area contributed by atoms with Crippen molar-refractivity contribution in [3.8, 4) is 0 Å². The van der Waals surface area contributed by atoms with Gasteiger partial charge in [0, 0.05) is 11.2 Å². The van der Waals surface area contributed by atoms with E-state index in [1.165, 1.54) is 0 Å². The lowest BCUT2D eigenvalue weighted by atomic mass is 10.5. The fourth-order valence-corrected chi connectivity index (χ4v) is 0.985. The van der Waals surface area contributed by atoms with Gasteiger partial charge in [-0.3, -0.25) is 0 Å². The topological polar surface area (TPSA) is 37.3 Å². The zero-order valence-corrected chi connectivity index (χ0v) is 6.00. The smallest absolute Gasteiger partial charge is 0.141 e. The van der Waals surface area contributed by atoms with Gasteiger partial charge in [-0.2, -0.15) is 0 Å². The fraction of sp³-hybridized carbons (Fsp3) is 0.500. The van der Waals surface area contributed by atoms with Crippen molar-refractivity contribution in [3.63, 3.8) is 0 Å². The highest BCUT2D eigenvalue weighted by Crippen LogP contribution is 1.87. The Morgan fingerprint density at radius 2 is 2.38 bits per heavy atom. The zero-order chi connectivity index (χ0) is 6.62. The van der Waals surface area contributed by atoms with Crippen LogP contribution in [0.3, 0.4) is 0 Å². The van der Waals surface area contributed by atoms with Crippen molar-refractivity contribution in [2.24, 2.45) is 0 Å². The van der Waals surface area contributed by atoms with Crippen LogP contribution >= 0.6 is 0 Å². The first-order chi connectivity index (χ1) is 3.56. The van der Waals surface area contributed by atoms with Crippen molar-refractivity contribution in [2.45, 2.75) is 6.42 Å². The summed E-state index contributed by atoms with van der Waals surface area (Å²) < 4.78 is 18.7. The molecule has 0 fully saturated rings. The third kappa shape index (κ3) is 6.07. The summed E-state index contributed by atoms with van der Waals surface area (Å²) in [6.45, 7) is 3.38. The molecule has 0 radical (unpaired) electrons. The maximum absolute atomic E-state index is 10.3. The maximum atomic E-state index is 10.3. The minimum atomic E-state index is -2.92. The Morgan fingerprint density at radius 3 is 2.50 bits per heavy atom. The van der Waals surface area contributed by atoms with Crippen LogP contribution in [0, 0.1) is 0 Å². The minimum Gasteiger partial charge on any atom is -0.306 e. The van der Waals surface area contributed by atoms with E-state index in [1.807, 2.05) is 0 Å². The molecule has 0 spiro atoms. The first-order valence-electron chi connectivity index (χ1n) is 2.12. The number of hydrogen-bond donors (Lipinski definition) is 1. The van der Waals surface area contributed by atoms with Crippen LogP contribution in [-0.2, 0) is 20.0 Å². The number of allylic oxidation sites excluding steroid dienone is 1. The predicted octanol–water partition coefficient (Wildman–Crippen LogP) is 0.782. The molecule has 2 nitrogen and oxygen atoms in total. The van der Waals surface area contributed by atoms with Crippen molar-refractivity contribution in [1.29, 1.82) is 0 Å². The third-order valence-corrected chi connectivity index (χ3v) is 1.83. The molecular formula is C4H8O2S2. The second kappa shape index (κ2) is 3.17. The Morgan fingerprint density at radius 1 is 1.88 bits per heavy atom. The van der Waals surface area contributed by atoms with Crippen LogP contribution in [0.2, 0.25) is 0 Å². The van der Waals surface area contributed by atoms with E-state index < -0.39 is 8.77 Å². The summed E-state index contributed by atoms with van der Waals surface area (Å²) in [5.41, 5.74) is 0. The molecule has 4 heteroatoms. The molecule has 48 valence electrons. The monoisotopic (exact) mass is 152 g/mol. The Labute approximate surface area is 54.1 Å². The largest absolute Gasteiger partial charge is 0.306 e. The average molecular weight is 152 g/mol. The second-order valence-electron chi connectivity index (χ2n) is 1.36. The molecule has 1 atom stereocenters. The van der Waals surface area contributed by atoms with Crippen molar-refractivity contribution >= 4 is 20.0 Å². The zero-order valence-electron chi connectivity index (χ0n) is 4.37. The predicted molar refractivity (Wildman–Crippen MR) is 37.8 cm³/mol. The molecule has 0 aromatic carbocycles. The normalized spacial score (nSPS) is 17.1. The summed E-state index contributed by atoms with van der Waals surface area (Å²) in [6.07, 6.45) is 2.08. The highest BCUT2D eigenvalue weighted by atomic mass is 32.8. The number of hydrogen-bond acceptors (Lipinski definition) is 2. The molecule has 0 amide bonds. The van der Waals surface area contributed by atoms with Crippen LogP contribution < -0.4 is 0 Å². The van der Waals surface area contributed by atoms with Gasteiger partial charge in [-0.1, -0.05) is 6.08 Å². The van der Waals surface area contributed by atoms with Crippen molar-refractivity contribution in [1.82, 2.24) is 0 Å². The maximum Gasteiger partial charge on any atom is 0.141 e. The van der Waals surface area contributed by atoms with E-state index in [4.69, 9.17) is 4.55 Å². The van der Waals surface area contributed by atoms with E-state index in [1.54, 1.807) is 6.08 Å². The van der Waals surface area contributed by atoms with Crippen LogP contribution in [-0.4, -0.2) is 14.5 Å². The first-order valence-corrected chi connectivity index (χ1v) is 4.73. The molecule has 0 aliphatic rings. The lowest BCUT2D eigenvalue weighted by Crippen LogP contribution is -1.99. The van der Waals surface area contributed by atoms with Crippen LogP contribution in [0.1, 0.15) is 6.42 Å². The van der Waals surface area contributed by atoms with Crippen molar-refractivity contribution in [2.75, 3.05) is 5.75 Å². The van der Waals surface area contributed by atoms with Gasteiger partial charge in [0.1, 0.15) is 8.77 Å². The molecule has 0 saturated carbocycles. The van der Waals surface area contributed by atoms with E-state index in [9.17, 15) is 4.21 Å². The standard InChI is InChI=1S/C4H8O2S2/c1-2-3-4-8(5,6)7/h2H,1,3-4H2,(H,5,6,7). The summed E-state index contributed by atoms with van der Waals surface area (Å²) >= 11 is 4.19.